The zero-order valence-corrected chi connectivity index (χ0v) is 13.1. The number of esters is 2. The summed E-state index contributed by atoms with van der Waals surface area (Å²) in [5, 5.41) is 0. The van der Waals surface area contributed by atoms with E-state index in [2.05, 4.69) is 4.74 Å². The van der Waals surface area contributed by atoms with Crippen LogP contribution in [0.15, 0.2) is 24.3 Å². The van der Waals surface area contributed by atoms with Gasteiger partial charge in [-0.25, -0.2) is 4.79 Å². The highest BCUT2D eigenvalue weighted by atomic mass is 16.5. The fourth-order valence-corrected chi connectivity index (χ4v) is 2.76. The van der Waals surface area contributed by atoms with Crippen molar-refractivity contribution in [2.24, 2.45) is 11.1 Å². The zero-order chi connectivity index (χ0) is 16.2. The average Bonchev–Trinajstić information content (AvgIpc) is 3.33. The first-order valence-electron chi connectivity index (χ1n) is 7.62. The first-order chi connectivity index (χ1) is 10.5. The van der Waals surface area contributed by atoms with Crippen LogP contribution in [-0.2, 0) is 14.3 Å². The van der Waals surface area contributed by atoms with E-state index in [9.17, 15) is 9.59 Å². The highest BCUT2D eigenvalue weighted by molar-refractivity contribution is 5.89. The molecule has 0 radical (unpaired) electrons. The summed E-state index contributed by atoms with van der Waals surface area (Å²) in [6.45, 7) is 2.21. The molecule has 2 rings (SSSR count). The molecule has 1 aliphatic carbocycles. The predicted octanol–water partition coefficient (Wildman–Crippen LogP) is 2.60. The van der Waals surface area contributed by atoms with Gasteiger partial charge in [0.05, 0.1) is 19.3 Å². The van der Waals surface area contributed by atoms with Crippen molar-refractivity contribution in [1.29, 1.82) is 0 Å². The summed E-state index contributed by atoms with van der Waals surface area (Å²) in [5.41, 5.74) is 7.86. The van der Waals surface area contributed by atoms with Gasteiger partial charge in [0.15, 0.2) is 0 Å². The maximum absolute atomic E-state index is 11.5. The van der Waals surface area contributed by atoms with Crippen LogP contribution in [0.1, 0.15) is 54.6 Å². The smallest absolute Gasteiger partial charge is 0.337 e. The van der Waals surface area contributed by atoms with E-state index in [1.807, 2.05) is 12.1 Å². The van der Waals surface area contributed by atoms with Crippen LogP contribution in [0.25, 0.3) is 0 Å². The third kappa shape index (κ3) is 3.65. The molecular weight excluding hydrogens is 282 g/mol. The van der Waals surface area contributed by atoms with Crippen molar-refractivity contribution in [3.63, 3.8) is 0 Å². The van der Waals surface area contributed by atoms with Gasteiger partial charge >= 0.3 is 11.9 Å². The third-order valence-corrected chi connectivity index (χ3v) is 4.38. The lowest BCUT2D eigenvalue weighted by molar-refractivity contribution is -0.143. The van der Waals surface area contributed by atoms with Crippen molar-refractivity contribution in [3.8, 4) is 0 Å². The number of methoxy groups -OCH3 is 1. The minimum atomic E-state index is -0.358. The molecule has 0 bridgehead atoms. The van der Waals surface area contributed by atoms with Gasteiger partial charge in [-0.15, -0.1) is 0 Å². The molecule has 5 nitrogen and oxygen atoms in total. The molecule has 0 aromatic heterocycles. The lowest BCUT2D eigenvalue weighted by Crippen LogP contribution is -2.24. The topological polar surface area (TPSA) is 78.6 Å². The van der Waals surface area contributed by atoms with E-state index in [1.54, 1.807) is 19.1 Å². The number of ether oxygens (including phenoxy) is 2. The summed E-state index contributed by atoms with van der Waals surface area (Å²) < 4.78 is 9.66. The summed E-state index contributed by atoms with van der Waals surface area (Å²) in [7, 11) is 1.36. The maximum Gasteiger partial charge on any atom is 0.337 e. The van der Waals surface area contributed by atoms with E-state index >= 15 is 0 Å². The van der Waals surface area contributed by atoms with E-state index in [0.717, 1.165) is 24.8 Å². The summed E-state index contributed by atoms with van der Waals surface area (Å²) >= 11 is 0. The molecule has 0 aliphatic heterocycles. The number of nitrogens with two attached hydrogens (primary N) is 1. The zero-order valence-electron chi connectivity index (χ0n) is 13.1. The molecule has 1 aromatic rings. The van der Waals surface area contributed by atoms with Crippen LogP contribution in [0.5, 0.6) is 0 Å². The Balaban J connectivity index is 1.99. The highest BCUT2D eigenvalue weighted by Crippen LogP contribution is 2.57. The number of hydrogen-bond acceptors (Lipinski definition) is 5. The van der Waals surface area contributed by atoms with Crippen LogP contribution in [0.2, 0.25) is 0 Å². The fraction of sp³-hybridized carbons (Fsp3) is 0.529. The Morgan fingerprint density at radius 2 is 1.91 bits per heavy atom. The molecule has 5 heteroatoms. The molecule has 1 unspecified atom stereocenters. The van der Waals surface area contributed by atoms with E-state index in [0.29, 0.717) is 18.6 Å². The fourth-order valence-electron chi connectivity index (χ4n) is 2.76. The van der Waals surface area contributed by atoms with Crippen molar-refractivity contribution in [1.82, 2.24) is 0 Å². The van der Waals surface area contributed by atoms with Crippen molar-refractivity contribution in [2.75, 3.05) is 13.7 Å². The molecule has 1 saturated carbocycles. The first kappa shape index (κ1) is 16.5. The Kier molecular flexibility index (Phi) is 5.19. The Bertz CT molecular complexity index is 534. The molecule has 1 aliphatic rings. The summed E-state index contributed by atoms with van der Waals surface area (Å²) in [6, 6.07) is 7.04. The lowest BCUT2D eigenvalue weighted by Gasteiger charge is -2.23. The van der Waals surface area contributed by atoms with Crippen molar-refractivity contribution in [2.45, 2.75) is 38.6 Å². The van der Waals surface area contributed by atoms with Gasteiger partial charge < -0.3 is 15.2 Å². The quantitative estimate of drug-likeness (QED) is 0.783. The van der Waals surface area contributed by atoms with Crippen LogP contribution in [0, 0.1) is 5.41 Å². The Morgan fingerprint density at radius 3 is 2.41 bits per heavy atom. The highest BCUT2D eigenvalue weighted by Gasteiger charge is 2.48. The molecule has 1 fully saturated rings. The van der Waals surface area contributed by atoms with Gasteiger partial charge in [0.1, 0.15) is 0 Å². The second-order valence-corrected chi connectivity index (χ2v) is 5.76. The van der Waals surface area contributed by atoms with Gasteiger partial charge in [0, 0.05) is 12.5 Å². The molecule has 0 saturated heterocycles. The molecule has 120 valence electrons. The minimum absolute atomic E-state index is 0.0143. The van der Waals surface area contributed by atoms with Crippen LogP contribution in [-0.4, -0.2) is 25.7 Å². The number of benzene rings is 1. The van der Waals surface area contributed by atoms with Gasteiger partial charge in [-0.05, 0) is 49.3 Å². The first-order valence-corrected chi connectivity index (χ1v) is 7.62. The summed E-state index contributed by atoms with van der Waals surface area (Å²) in [6.07, 6.45) is 3.19. The van der Waals surface area contributed by atoms with Gasteiger partial charge in [-0.2, -0.15) is 0 Å². The molecule has 2 N–H and O–H groups in total. The summed E-state index contributed by atoms with van der Waals surface area (Å²) in [4.78, 5) is 23.0. The van der Waals surface area contributed by atoms with Gasteiger partial charge in [-0.3, -0.25) is 4.79 Å². The van der Waals surface area contributed by atoms with E-state index in [4.69, 9.17) is 10.5 Å². The van der Waals surface area contributed by atoms with Crippen LogP contribution >= 0.6 is 0 Å². The number of carbonyl (C=O) groups is 2. The molecule has 0 heterocycles. The van der Waals surface area contributed by atoms with E-state index in [1.165, 1.54) is 7.11 Å². The minimum Gasteiger partial charge on any atom is -0.466 e. The maximum atomic E-state index is 11.5. The number of carbonyl (C=O) groups excluding carboxylic acids is 2. The number of rotatable bonds is 7. The summed E-state index contributed by atoms with van der Waals surface area (Å²) in [5.74, 6) is -0.523. The van der Waals surface area contributed by atoms with E-state index < -0.39 is 0 Å². The Morgan fingerprint density at radius 1 is 1.27 bits per heavy atom. The molecule has 0 spiro atoms. The van der Waals surface area contributed by atoms with Crippen molar-refractivity contribution < 1.29 is 19.1 Å². The lowest BCUT2D eigenvalue weighted by atomic mass is 9.86. The van der Waals surface area contributed by atoms with E-state index in [-0.39, 0.29) is 23.4 Å². The normalized spacial score (nSPS) is 16.7. The monoisotopic (exact) mass is 305 g/mol. The second-order valence-electron chi connectivity index (χ2n) is 5.76. The molecule has 22 heavy (non-hydrogen) atoms. The largest absolute Gasteiger partial charge is 0.466 e. The Labute approximate surface area is 130 Å². The van der Waals surface area contributed by atoms with Crippen LogP contribution < -0.4 is 5.73 Å². The Hall–Kier alpha value is -1.88. The molecule has 0 amide bonds. The third-order valence-electron chi connectivity index (χ3n) is 4.38. The molecular formula is C17H23NO4. The molecule has 1 aromatic carbocycles. The van der Waals surface area contributed by atoms with Crippen LogP contribution in [0.3, 0.4) is 0 Å². The van der Waals surface area contributed by atoms with Crippen molar-refractivity contribution in [3.05, 3.63) is 35.4 Å². The average molecular weight is 305 g/mol. The van der Waals surface area contributed by atoms with Crippen molar-refractivity contribution >= 4 is 11.9 Å². The van der Waals surface area contributed by atoms with Gasteiger partial charge in [0.2, 0.25) is 0 Å². The number of hydrogen-bond donors (Lipinski definition) is 1. The molecule has 1 atom stereocenters. The predicted molar refractivity (Wildman–Crippen MR) is 82.2 cm³/mol. The standard InChI is InChI=1S/C17H23NO4/c1-3-22-14(19)8-9-17(10-11-17)15(18)12-4-6-13(7-5-12)16(20)21-2/h4-7,15H,3,8-11,18H2,1-2H3. The van der Waals surface area contributed by atoms with Gasteiger partial charge in [-0.1, -0.05) is 12.1 Å². The van der Waals surface area contributed by atoms with Gasteiger partial charge in [0.25, 0.3) is 0 Å². The second kappa shape index (κ2) is 6.92. The van der Waals surface area contributed by atoms with Crippen LogP contribution in [0.4, 0.5) is 0 Å². The SMILES string of the molecule is CCOC(=O)CCC1(C(N)c2ccc(C(=O)OC)cc2)CC1.